The summed E-state index contributed by atoms with van der Waals surface area (Å²) < 4.78 is 5.06. The Balaban J connectivity index is 1.55. The van der Waals surface area contributed by atoms with Crippen LogP contribution in [0, 0.1) is 5.92 Å². The number of aromatic nitrogens is 2. The first kappa shape index (κ1) is 26.8. The molecule has 1 saturated heterocycles. The van der Waals surface area contributed by atoms with Crippen molar-refractivity contribution in [3.63, 3.8) is 0 Å². The molecule has 1 atom stereocenters. The summed E-state index contributed by atoms with van der Waals surface area (Å²) in [4.78, 5) is 51.5. The van der Waals surface area contributed by atoms with E-state index in [0.717, 1.165) is 11.1 Å². The van der Waals surface area contributed by atoms with Gasteiger partial charge < -0.3 is 19.9 Å². The Labute approximate surface area is 222 Å². The third-order valence-electron chi connectivity index (χ3n) is 6.40. The number of rotatable bonds is 7. The maximum Gasteiger partial charge on any atom is 0.409 e. The first-order chi connectivity index (χ1) is 18.4. The Morgan fingerprint density at radius 1 is 0.868 bits per heavy atom. The molecule has 1 unspecified atom stereocenters. The SMILES string of the molecule is CCOC(=O)N1CCN(C(=O)C(NC(=O)c2cc(-c3ccccc3)nc(-c3ccccc3)n2)C(C)C)CC1. The van der Waals surface area contributed by atoms with Crippen molar-refractivity contribution < 1.29 is 19.1 Å². The molecule has 9 heteroatoms. The number of carbonyl (C=O) groups is 3. The molecule has 4 rings (SSSR count). The van der Waals surface area contributed by atoms with Gasteiger partial charge in [-0.3, -0.25) is 9.59 Å². The van der Waals surface area contributed by atoms with Crippen molar-refractivity contribution in [2.24, 2.45) is 5.92 Å². The van der Waals surface area contributed by atoms with E-state index >= 15 is 0 Å². The molecule has 2 aromatic carbocycles. The highest BCUT2D eigenvalue weighted by Gasteiger charge is 2.32. The molecule has 3 aromatic rings. The Bertz CT molecular complexity index is 1200. The number of hydrogen-bond acceptors (Lipinski definition) is 6. The third-order valence-corrected chi connectivity index (χ3v) is 6.40. The summed E-state index contributed by atoms with van der Waals surface area (Å²) in [5, 5.41) is 2.92. The predicted molar refractivity (Wildman–Crippen MR) is 144 cm³/mol. The van der Waals surface area contributed by atoms with Gasteiger partial charge in [0.05, 0.1) is 12.3 Å². The topological polar surface area (TPSA) is 105 Å². The zero-order valence-corrected chi connectivity index (χ0v) is 22.0. The molecule has 1 N–H and O–H groups in total. The third kappa shape index (κ3) is 6.34. The van der Waals surface area contributed by atoms with Crippen molar-refractivity contribution in [3.05, 3.63) is 72.4 Å². The maximum atomic E-state index is 13.5. The predicted octanol–water partition coefficient (Wildman–Crippen LogP) is 3.87. The van der Waals surface area contributed by atoms with Crippen molar-refractivity contribution in [2.75, 3.05) is 32.8 Å². The van der Waals surface area contributed by atoms with E-state index in [2.05, 4.69) is 10.3 Å². The van der Waals surface area contributed by atoms with E-state index in [4.69, 9.17) is 9.72 Å². The minimum absolute atomic E-state index is 0.154. The quantitative estimate of drug-likeness (QED) is 0.512. The average molecular weight is 516 g/mol. The van der Waals surface area contributed by atoms with Crippen LogP contribution in [-0.2, 0) is 9.53 Å². The minimum atomic E-state index is -0.744. The molecular formula is C29H33N5O4. The Morgan fingerprint density at radius 3 is 2.03 bits per heavy atom. The molecule has 1 fully saturated rings. The summed E-state index contributed by atoms with van der Waals surface area (Å²) in [5.74, 6) is -0.352. The molecule has 38 heavy (non-hydrogen) atoms. The van der Waals surface area contributed by atoms with Crippen LogP contribution in [-0.4, -0.2) is 76.5 Å². The van der Waals surface area contributed by atoms with E-state index in [-0.39, 0.29) is 23.6 Å². The Morgan fingerprint density at radius 2 is 1.45 bits per heavy atom. The second kappa shape index (κ2) is 12.3. The number of ether oxygens (including phenoxy) is 1. The Hall–Kier alpha value is -4.27. The van der Waals surface area contributed by atoms with E-state index in [1.165, 1.54) is 0 Å². The van der Waals surface area contributed by atoms with Crippen LogP contribution in [0.3, 0.4) is 0 Å². The van der Waals surface area contributed by atoms with Gasteiger partial charge in [0.2, 0.25) is 5.91 Å². The maximum absolute atomic E-state index is 13.5. The summed E-state index contributed by atoms with van der Waals surface area (Å²) in [6, 6.07) is 20.0. The lowest BCUT2D eigenvalue weighted by atomic mass is 10.0. The van der Waals surface area contributed by atoms with Crippen molar-refractivity contribution in [1.29, 1.82) is 0 Å². The van der Waals surface area contributed by atoms with E-state index in [9.17, 15) is 14.4 Å². The van der Waals surface area contributed by atoms with E-state index in [1.807, 2.05) is 74.5 Å². The molecule has 2 heterocycles. The summed E-state index contributed by atoms with van der Waals surface area (Å²) in [5.41, 5.74) is 2.45. The summed E-state index contributed by atoms with van der Waals surface area (Å²) >= 11 is 0. The number of piperazine rings is 1. The lowest BCUT2D eigenvalue weighted by Gasteiger charge is -2.36. The Kier molecular flexibility index (Phi) is 8.68. The molecule has 0 spiro atoms. The zero-order valence-electron chi connectivity index (χ0n) is 22.0. The smallest absolute Gasteiger partial charge is 0.409 e. The van der Waals surface area contributed by atoms with Crippen LogP contribution in [0.25, 0.3) is 22.6 Å². The molecule has 1 aliphatic rings. The van der Waals surface area contributed by atoms with Crippen molar-refractivity contribution in [1.82, 2.24) is 25.1 Å². The van der Waals surface area contributed by atoms with Crippen LogP contribution in [0.1, 0.15) is 31.3 Å². The van der Waals surface area contributed by atoms with E-state index < -0.39 is 11.9 Å². The number of nitrogens with one attached hydrogen (secondary N) is 1. The largest absolute Gasteiger partial charge is 0.450 e. The van der Waals surface area contributed by atoms with E-state index in [0.29, 0.717) is 44.3 Å². The molecule has 0 radical (unpaired) electrons. The lowest BCUT2D eigenvalue weighted by molar-refractivity contribution is -0.135. The summed E-state index contributed by atoms with van der Waals surface area (Å²) in [7, 11) is 0. The molecule has 9 nitrogen and oxygen atoms in total. The minimum Gasteiger partial charge on any atom is -0.450 e. The molecule has 0 bridgehead atoms. The van der Waals surface area contributed by atoms with Gasteiger partial charge in [-0.2, -0.15) is 0 Å². The highest BCUT2D eigenvalue weighted by Crippen LogP contribution is 2.23. The second-order valence-electron chi connectivity index (χ2n) is 9.40. The monoisotopic (exact) mass is 515 g/mol. The highest BCUT2D eigenvalue weighted by atomic mass is 16.6. The highest BCUT2D eigenvalue weighted by molar-refractivity contribution is 5.97. The van der Waals surface area contributed by atoms with Crippen LogP contribution < -0.4 is 5.32 Å². The number of nitrogens with zero attached hydrogens (tertiary/aromatic N) is 4. The molecule has 1 aliphatic heterocycles. The summed E-state index contributed by atoms with van der Waals surface area (Å²) in [6.45, 7) is 7.37. The van der Waals surface area contributed by atoms with Gasteiger partial charge in [-0.05, 0) is 18.9 Å². The van der Waals surface area contributed by atoms with E-state index in [1.54, 1.807) is 22.8 Å². The number of benzene rings is 2. The van der Waals surface area contributed by atoms with Gasteiger partial charge in [-0.15, -0.1) is 0 Å². The van der Waals surface area contributed by atoms with Crippen LogP contribution in [0.5, 0.6) is 0 Å². The van der Waals surface area contributed by atoms with Crippen LogP contribution in [0.15, 0.2) is 66.7 Å². The van der Waals surface area contributed by atoms with Gasteiger partial charge in [0.25, 0.3) is 5.91 Å². The first-order valence-electron chi connectivity index (χ1n) is 12.9. The molecule has 0 aliphatic carbocycles. The van der Waals surface area contributed by atoms with Crippen molar-refractivity contribution in [3.8, 4) is 22.6 Å². The summed E-state index contributed by atoms with van der Waals surface area (Å²) in [6.07, 6.45) is -0.375. The molecule has 0 saturated carbocycles. The van der Waals surface area contributed by atoms with Gasteiger partial charge in [-0.1, -0.05) is 74.5 Å². The van der Waals surface area contributed by atoms with Crippen LogP contribution in [0.2, 0.25) is 0 Å². The fourth-order valence-electron chi connectivity index (χ4n) is 4.29. The fraction of sp³-hybridized carbons (Fsp3) is 0.345. The standard InChI is InChI=1S/C29H33N5O4/c1-4-38-29(37)34-17-15-33(16-18-34)28(36)25(20(2)3)32-27(35)24-19-23(21-11-7-5-8-12-21)30-26(31-24)22-13-9-6-10-14-22/h5-14,19-20,25H,4,15-18H2,1-3H3,(H,32,35). The zero-order chi connectivity index (χ0) is 27.1. The van der Waals surface area contributed by atoms with Crippen molar-refractivity contribution >= 4 is 17.9 Å². The van der Waals surface area contributed by atoms with Gasteiger partial charge in [-0.25, -0.2) is 14.8 Å². The number of carbonyl (C=O) groups excluding carboxylic acids is 3. The average Bonchev–Trinajstić information content (AvgIpc) is 2.96. The van der Waals surface area contributed by atoms with Gasteiger partial charge in [0.1, 0.15) is 11.7 Å². The van der Waals surface area contributed by atoms with Crippen LogP contribution >= 0.6 is 0 Å². The molecule has 3 amide bonds. The van der Waals surface area contributed by atoms with Gasteiger partial charge in [0.15, 0.2) is 5.82 Å². The number of amides is 3. The van der Waals surface area contributed by atoms with Crippen molar-refractivity contribution in [2.45, 2.75) is 26.8 Å². The molecule has 198 valence electrons. The number of hydrogen-bond donors (Lipinski definition) is 1. The normalized spacial score (nSPS) is 14.2. The second-order valence-corrected chi connectivity index (χ2v) is 9.40. The fourth-order valence-corrected chi connectivity index (χ4v) is 4.29. The van der Waals surface area contributed by atoms with Gasteiger partial charge in [0, 0.05) is 37.3 Å². The van der Waals surface area contributed by atoms with Gasteiger partial charge >= 0.3 is 6.09 Å². The lowest BCUT2D eigenvalue weighted by Crippen LogP contribution is -2.57. The van der Waals surface area contributed by atoms with Crippen LogP contribution in [0.4, 0.5) is 4.79 Å². The first-order valence-corrected chi connectivity index (χ1v) is 12.9. The molecule has 1 aromatic heterocycles. The molecular weight excluding hydrogens is 482 g/mol.